The van der Waals surface area contributed by atoms with E-state index in [-0.39, 0.29) is 0 Å². The molecule has 0 amide bonds. The van der Waals surface area contributed by atoms with Crippen molar-refractivity contribution in [3.05, 3.63) is 21.9 Å². The largest absolute Gasteiger partial charge is 0.309 e. The second-order valence-corrected chi connectivity index (χ2v) is 6.12. The van der Waals surface area contributed by atoms with Crippen molar-refractivity contribution >= 4 is 11.3 Å². The summed E-state index contributed by atoms with van der Waals surface area (Å²) in [5, 5.41) is 3.60. The first-order valence-corrected chi connectivity index (χ1v) is 6.62. The van der Waals surface area contributed by atoms with Gasteiger partial charge in [0.1, 0.15) is 0 Å². The lowest BCUT2D eigenvalue weighted by molar-refractivity contribution is 0.377. The second kappa shape index (κ2) is 5.66. The summed E-state index contributed by atoms with van der Waals surface area (Å²) < 4.78 is 0. The molecule has 0 aliphatic heterocycles. The third-order valence-corrected chi connectivity index (χ3v) is 4.26. The fraction of sp³-hybridized carbons (Fsp3) is 0.692. The Balaban J connectivity index is 2.39. The summed E-state index contributed by atoms with van der Waals surface area (Å²) in [5.74, 6) is 1.50. The molecule has 0 aliphatic rings. The van der Waals surface area contributed by atoms with Gasteiger partial charge in [0.25, 0.3) is 0 Å². The van der Waals surface area contributed by atoms with E-state index in [1.54, 1.807) is 0 Å². The molecule has 86 valence electrons. The fourth-order valence-electron chi connectivity index (χ4n) is 1.39. The Bertz CT molecular complexity index is 290. The Kier molecular flexibility index (Phi) is 4.81. The van der Waals surface area contributed by atoms with E-state index in [4.69, 9.17) is 0 Å². The molecular formula is C13H23NS. The van der Waals surface area contributed by atoms with Gasteiger partial charge < -0.3 is 5.32 Å². The maximum atomic E-state index is 3.60. The van der Waals surface area contributed by atoms with Crippen LogP contribution in [0.2, 0.25) is 0 Å². The summed E-state index contributed by atoms with van der Waals surface area (Å²) in [6.45, 7) is 12.4. The van der Waals surface area contributed by atoms with Crippen molar-refractivity contribution in [1.82, 2.24) is 5.32 Å². The van der Waals surface area contributed by atoms with Crippen LogP contribution in [-0.2, 0) is 0 Å². The first kappa shape index (κ1) is 12.7. The van der Waals surface area contributed by atoms with Gasteiger partial charge in [0.2, 0.25) is 0 Å². The Morgan fingerprint density at radius 1 is 1.20 bits per heavy atom. The quantitative estimate of drug-likeness (QED) is 0.798. The van der Waals surface area contributed by atoms with Crippen molar-refractivity contribution in [1.29, 1.82) is 0 Å². The highest BCUT2D eigenvalue weighted by molar-refractivity contribution is 7.12. The molecule has 2 atom stereocenters. The number of aryl methyl sites for hydroxylation is 1. The lowest BCUT2D eigenvalue weighted by Gasteiger charge is -2.19. The molecule has 0 saturated heterocycles. The summed E-state index contributed by atoms with van der Waals surface area (Å²) in [4.78, 5) is 2.85. The monoisotopic (exact) mass is 225 g/mol. The van der Waals surface area contributed by atoms with Crippen LogP contribution in [0.5, 0.6) is 0 Å². The Morgan fingerprint density at radius 3 is 2.33 bits per heavy atom. The average molecular weight is 225 g/mol. The van der Waals surface area contributed by atoms with Crippen LogP contribution in [0, 0.1) is 18.8 Å². The van der Waals surface area contributed by atoms with Crippen molar-refractivity contribution in [3.63, 3.8) is 0 Å². The number of thiophene rings is 1. The third kappa shape index (κ3) is 3.96. The molecule has 15 heavy (non-hydrogen) atoms. The van der Waals surface area contributed by atoms with E-state index >= 15 is 0 Å². The van der Waals surface area contributed by atoms with Crippen LogP contribution in [0.1, 0.15) is 43.5 Å². The molecule has 1 nitrogen and oxygen atoms in total. The van der Waals surface area contributed by atoms with E-state index in [2.05, 4.69) is 52.1 Å². The molecule has 0 fully saturated rings. The highest BCUT2D eigenvalue weighted by Crippen LogP contribution is 2.22. The summed E-state index contributed by atoms with van der Waals surface area (Å²) >= 11 is 1.89. The van der Waals surface area contributed by atoms with Crippen LogP contribution < -0.4 is 5.32 Å². The number of nitrogens with one attached hydrogen (secondary N) is 1. The van der Waals surface area contributed by atoms with Crippen molar-refractivity contribution in [3.8, 4) is 0 Å². The molecule has 2 unspecified atom stereocenters. The smallest absolute Gasteiger partial charge is 0.0386 e. The normalized spacial score (nSPS) is 15.6. The van der Waals surface area contributed by atoms with E-state index in [1.807, 2.05) is 11.3 Å². The van der Waals surface area contributed by atoms with Crippen molar-refractivity contribution in [2.45, 2.75) is 40.7 Å². The minimum Gasteiger partial charge on any atom is -0.309 e. The van der Waals surface area contributed by atoms with Crippen LogP contribution in [0.25, 0.3) is 0 Å². The van der Waals surface area contributed by atoms with E-state index in [0.29, 0.717) is 6.04 Å². The van der Waals surface area contributed by atoms with E-state index < -0.39 is 0 Å². The summed E-state index contributed by atoms with van der Waals surface area (Å²) in [6, 6.07) is 4.92. The second-order valence-electron chi connectivity index (χ2n) is 4.80. The summed E-state index contributed by atoms with van der Waals surface area (Å²) in [5.41, 5.74) is 0. The van der Waals surface area contributed by atoms with Crippen LogP contribution in [0.15, 0.2) is 12.1 Å². The Hall–Kier alpha value is -0.340. The molecule has 1 rings (SSSR count). The van der Waals surface area contributed by atoms with Gasteiger partial charge in [0, 0.05) is 15.8 Å². The zero-order valence-corrected chi connectivity index (χ0v) is 11.3. The van der Waals surface area contributed by atoms with Gasteiger partial charge in [-0.1, -0.05) is 20.8 Å². The van der Waals surface area contributed by atoms with E-state index in [9.17, 15) is 0 Å². The molecule has 0 saturated carbocycles. The SMILES string of the molecule is Cc1ccc(C(C)NCC(C)C(C)C)s1. The van der Waals surface area contributed by atoms with Crippen LogP contribution in [0.4, 0.5) is 0 Å². The minimum atomic E-state index is 0.491. The molecule has 0 aromatic carbocycles. The fourth-order valence-corrected chi connectivity index (χ4v) is 2.29. The zero-order valence-electron chi connectivity index (χ0n) is 10.5. The maximum Gasteiger partial charge on any atom is 0.0386 e. The summed E-state index contributed by atoms with van der Waals surface area (Å²) in [7, 11) is 0. The van der Waals surface area contributed by atoms with Gasteiger partial charge in [0.15, 0.2) is 0 Å². The molecule has 0 spiro atoms. The predicted molar refractivity (Wildman–Crippen MR) is 69.5 cm³/mol. The van der Waals surface area contributed by atoms with Crippen molar-refractivity contribution < 1.29 is 0 Å². The van der Waals surface area contributed by atoms with Crippen molar-refractivity contribution in [2.75, 3.05) is 6.54 Å². The maximum absolute atomic E-state index is 3.60. The Labute approximate surface area is 97.9 Å². The topological polar surface area (TPSA) is 12.0 Å². The van der Waals surface area contributed by atoms with E-state index in [1.165, 1.54) is 9.75 Å². The summed E-state index contributed by atoms with van der Waals surface area (Å²) in [6.07, 6.45) is 0. The predicted octanol–water partition coefficient (Wildman–Crippen LogP) is 4.00. The first-order chi connectivity index (χ1) is 7.00. The Morgan fingerprint density at radius 2 is 1.87 bits per heavy atom. The standard InChI is InChI=1S/C13H23NS/c1-9(2)10(3)8-14-12(5)13-7-6-11(4)15-13/h6-7,9-10,12,14H,8H2,1-5H3. The van der Waals surface area contributed by atoms with Crippen molar-refractivity contribution in [2.24, 2.45) is 11.8 Å². The third-order valence-electron chi connectivity index (χ3n) is 3.07. The van der Waals surface area contributed by atoms with Gasteiger partial charge >= 0.3 is 0 Å². The van der Waals surface area contributed by atoms with Gasteiger partial charge in [-0.15, -0.1) is 11.3 Å². The molecule has 0 aliphatic carbocycles. The molecule has 1 heterocycles. The first-order valence-electron chi connectivity index (χ1n) is 5.80. The van der Waals surface area contributed by atoms with Gasteiger partial charge in [-0.3, -0.25) is 0 Å². The molecular weight excluding hydrogens is 202 g/mol. The molecule has 1 N–H and O–H groups in total. The van der Waals surface area contributed by atoms with Gasteiger partial charge in [0.05, 0.1) is 0 Å². The minimum absolute atomic E-state index is 0.491. The van der Waals surface area contributed by atoms with E-state index in [0.717, 1.165) is 18.4 Å². The molecule has 1 aromatic heterocycles. The highest BCUT2D eigenvalue weighted by Gasteiger charge is 2.11. The van der Waals surface area contributed by atoms with Gasteiger partial charge in [-0.05, 0) is 44.4 Å². The number of hydrogen-bond donors (Lipinski definition) is 1. The lowest BCUT2D eigenvalue weighted by atomic mass is 9.98. The average Bonchev–Trinajstić information content (AvgIpc) is 2.60. The molecule has 1 aromatic rings. The highest BCUT2D eigenvalue weighted by atomic mass is 32.1. The van der Waals surface area contributed by atoms with Gasteiger partial charge in [-0.25, -0.2) is 0 Å². The van der Waals surface area contributed by atoms with Crippen LogP contribution in [0.3, 0.4) is 0 Å². The lowest BCUT2D eigenvalue weighted by Crippen LogP contribution is -2.26. The van der Waals surface area contributed by atoms with Crippen LogP contribution >= 0.6 is 11.3 Å². The number of hydrogen-bond acceptors (Lipinski definition) is 2. The molecule has 0 radical (unpaired) electrons. The van der Waals surface area contributed by atoms with Crippen LogP contribution in [-0.4, -0.2) is 6.54 Å². The molecule has 0 bridgehead atoms. The molecule has 2 heteroatoms. The number of rotatable bonds is 5. The van der Waals surface area contributed by atoms with Gasteiger partial charge in [-0.2, -0.15) is 0 Å². The zero-order chi connectivity index (χ0) is 11.4.